The molecule has 0 amide bonds. The number of anilines is 1. The van der Waals surface area contributed by atoms with Crippen LogP contribution in [0.2, 0.25) is 0 Å². The number of allylic oxidation sites excluding steroid dienone is 1. The molecule has 0 spiro atoms. The first kappa shape index (κ1) is 21.4. The summed E-state index contributed by atoms with van der Waals surface area (Å²) < 4.78 is 0. The largest absolute Gasteiger partial charge is 0.270 e. The molecular weight excluding hydrogens is 342 g/mol. The van der Waals surface area contributed by atoms with Crippen LogP contribution in [0, 0.1) is 24.7 Å². The van der Waals surface area contributed by atoms with E-state index in [4.69, 9.17) is 4.84 Å². The molecule has 2 aliphatic rings. The van der Waals surface area contributed by atoms with E-state index in [-0.39, 0.29) is 0 Å². The van der Waals surface area contributed by atoms with Gasteiger partial charge in [0.2, 0.25) is 0 Å². The zero-order valence-electron chi connectivity index (χ0n) is 18.5. The molecule has 1 aromatic rings. The molecule has 2 aliphatic carbocycles. The van der Waals surface area contributed by atoms with Crippen LogP contribution in [0.25, 0.3) is 0 Å². The zero-order chi connectivity index (χ0) is 19.9. The number of hydroxylamine groups is 1. The molecule has 2 unspecified atom stereocenters. The number of rotatable bonds is 8. The van der Waals surface area contributed by atoms with Crippen LogP contribution < -0.4 is 5.06 Å². The van der Waals surface area contributed by atoms with Gasteiger partial charge in [-0.25, -0.2) is 0 Å². The lowest BCUT2D eigenvalue weighted by Gasteiger charge is -2.38. The molecule has 28 heavy (non-hydrogen) atoms. The molecule has 3 rings (SSSR count). The standard InChI is InChI=1S/C26H41NO/c1-5-9-24-11-6-7-13-26(24)28-27(25-12-8-10-21(4)18-25)19-22-14-16-23(17-15-22)20(2)3/h8,10,12,18,22-24,26H,2,5-7,9,11,13-17,19H2,1,3-4H3. The summed E-state index contributed by atoms with van der Waals surface area (Å²) in [5.74, 6) is 2.19. The summed E-state index contributed by atoms with van der Waals surface area (Å²) in [4.78, 5) is 6.79. The quantitative estimate of drug-likeness (QED) is 0.341. The van der Waals surface area contributed by atoms with Crippen molar-refractivity contribution >= 4 is 5.69 Å². The topological polar surface area (TPSA) is 12.5 Å². The molecule has 0 radical (unpaired) electrons. The SMILES string of the molecule is C=C(C)C1CCC(CN(OC2CCCCC2CCC)c2cccc(C)c2)CC1. The van der Waals surface area contributed by atoms with E-state index in [1.165, 1.54) is 81.0 Å². The molecule has 2 nitrogen and oxygen atoms in total. The molecule has 0 saturated heterocycles. The fraction of sp³-hybridized carbons (Fsp3) is 0.692. The molecule has 2 fully saturated rings. The summed E-state index contributed by atoms with van der Waals surface area (Å²) in [5, 5.41) is 2.28. The Morgan fingerprint density at radius 2 is 1.86 bits per heavy atom. The van der Waals surface area contributed by atoms with E-state index in [1.807, 2.05) is 0 Å². The van der Waals surface area contributed by atoms with E-state index in [9.17, 15) is 0 Å². The van der Waals surface area contributed by atoms with Crippen molar-refractivity contribution in [1.29, 1.82) is 0 Å². The lowest BCUT2D eigenvalue weighted by molar-refractivity contribution is -0.0336. The predicted octanol–water partition coefficient (Wildman–Crippen LogP) is 7.47. The third kappa shape index (κ3) is 5.86. The molecular formula is C26H41NO. The second kappa shape index (κ2) is 10.5. The molecule has 2 heteroatoms. The van der Waals surface area contributed by atoms with Gasteiger partial charge in [-0.15, -0.1) is 0 Å². The van der Waals surface area contributed by atoms with Crippen LogP contribution in [0.3, 0.4) is 0 Å². The van der Waals surface area contributed by atoms with Crippen LogP contribution >= 0.6 is 0 Å². The maximum Gasteiger partial charge on any atom is 0.0884 e. The highest BCUT2D eigenvalue weighted by molar-refractivity contribution is 5.46. The van der Waals surface area contributed by atoms with Crippen molar-refractivity contribution in [3.05, 3.63) is 42.0 Å². The van der Waals surface area contributed by atoms with Gasteiger partial charge >= 0.3 is 0 Å². The molecule has 2 atom stereocenters. The molecule has 1 aromatic carbocycles. The minimum atomic E-state index is 0.390. The highest BCUT2D eigenvalue weighted by Gasteiger charge is 2.30. The van der Waals surface area contributed by atoms with Crippen molar-refractivity contribution < 1.29 is 4.84 Å². The van der Waals surface area contributed by atoms with Crippen LogP contribution in [0.1, 0.15) is 83.6 Å². The van der Waals surface area contributed by atoms with Crippen molar-refractivity contribution in [3.63, 3.8) is 0 Å². The van der Waals surface area contributed by atoms with E-state index >= 15 is 0 Å². The summed E-state index contributed by atoms with van der Waals surface area (Å²) in [6.45, 7) is 11.9. The first-order valence-electron chi connectivity index (χ1n) is 11.7. The lowest BCUT2D eigenvalue weighted by atomic mass is 9.79. The molecule has 0 aliphatic heterocycles. The van der Waals surface area contributed by atoms with Gasteiger partial charge in [-0.2, -0.15) is 0 Å². The summed E-state index contributed by atoms with van der Waals surface area (Å²) in [5.41, 5.74) is 3.92. The molecule has 2 saturated carbocycles. The summed E-state index contributed by atoms with van der Waals surface area (Å²) >= 11 is 0. The Hall–Kier alpha value is -1.28. The fourth-order valence-electron chi connectivity index (χ4n) is 5.24. The van der Waals surface area contributed by atoms with Gasteiger partial charge in [0, 0.05) is 6.54 Å². The van der Waals surface area contributed by atoms with E-state index in [0.29, 0.717) is 6.10 Å². The summed E-state index contributed by atoms with van der Waals surface area (Å²) in [7, 11) is 0. The number of benzene rings is 1. The van der Waals surface area contributed by atoms with Crippen molar-refractivity contribution in [2.24, 2.45) is 17.8 Å². The van der Waals surface area contributed by atoms with Gasteiger partial charge in [0.25, 0.3) is 0 Å². The summed E-state index contributed by atoms with van der Waals surface area (Å²) in [6.07, 6.45) is 13.4. The zero-order valence-corrected chi connectivity index (χ0v) is 18.5. The Labute approximate surface area is 173 Å². The van der Waals surface area contributed by atoms with Crippen LogP contribution in [-0.2, 0) is 4.84 Å². The lowest BCUT2D eigenvalue weighted by Crippen LogP contribution is -2.39. The van der Waals surface area contributed by atoms with Crippen LogP contribution in [0.15, 0.2) is 36.4 Å². The average molecular weight is 384 g/mol. The Bertz CT molecular complexity index is 615. The maximum absolute atomic E-state index is 6.79. The fourth-order valence-corrected chi connectivity index (χ4v) is 5.24. The van der Waals surface area contributed by atoms with Crippen LogP contribution in [0.5, 0.6) is 0 Å². The Morgan fingerprint density at radius 3 is 2.54 bits per heavy atom. The number of aryl methyl sites for hydroxylation is 1. The minimum Gasteiger partial charge on any atom is -0.270 e. The van der Waals surface area contributed by atoms with Gasteiger partial charge in [-0.1, -0.05) is 50.5 Å². The van der Waals surface area contributed by atoms with Crippen molar-refractivity contribution in [2.75, 3.05) is 11.6 Å². The number of hydrogen-bond donors (Lipinski definition) is 0. The van der Waals surface area contributed by atoms with Crippen LogP contribution in [0.4, 0.5) is 5.69 Å². The first-order valence-corrected chi connectivity index (χ1v) is 11.7. The molecule has 156 valence electrons. The monoisotopic (exact) mass is 383 g/mol. The van der Waals surface area contributed by atoms with Gasteiger partial charge < -0.3 is 0 Å². The van der Waals surface area contributed by atoms with E-state index < -0.39 is 0 Å². The number of nitrogens with zero attached hydrogens (tertiary/aromatic N) is 1. The average Bonchev–Trinajstić information content (AvgIpc) is 2.69. The molecule has 0 N–H and O–H groups in total. The first-order chi connectivity index (χ1) is 13.6. The van der Waals surface area contributed by atoms with E-state index in [2.05, 4.69) is 56.7 Å². The summed E-state index contributed by atoms with van der Waals surface area (Å²) in [6, 6.07) is 8.87. The number of hydrogen-bond acceptors (Lipinski definition) is 2. The Morgan fingerprint density at radius 1 is 1.11 bits per heavy atom. The Kier molecular flexibility index (Phi) is 8.02. The molecule has 0 bridgehead atoms. The van der Waals surface area contributed by atoms with Crippen molar-refractivity contribution in [3.8, 4) is 0 Å². The Balaban J connectivity index is 1.69. The highest BCUT2D eigenvalue weighted by atomic mass is 16.7. The van der Waals surface area contributed by atoms with Crippen molar-refractivity contribution in [2.45, 2.75) is 91.1 Å². The smallest absolute Gasteiger partial charge is 0.0884 e. The van der Waals surface area contributed by atoms with Gasteiger partial charge in [0.15, 0.2) is 0 Å². The van der Waals surface area contributed by atoms with Crippen molar-refractivity contribution in [1.82, 2.24) is 0 Å². The second-order valence-corrected chi connectivity index (χ2v) is 9.44. The minimum absolute atomic E-state index is 0.390. The third-order valence-electron chi connectivity index (χ3n) is 7.02. The third-order valence-corrected chi connectivity index (χ3v) is 7.02. The van der Waals surface area contributed by atoms with Gasteiger partial charge in [-0.05, 0) is 94.2 Å². The van der Waals surface area contributed by atoms with E-state index in [1.54, 1.807) is 0 Å². The maximum atomic E-state index is 6.79. The predicted molar refractivity (Wildman–Crippen MR) is 121 cm³/mol. The molecule has 0 aromatic heterocycles. The van der Waals surface area contributed by atoms with Gasteiger partial charge in [0.1, 0.15) is 0 Å². The molecule has 0 heterocycles. The van der Waals surface area contributed by atoms with Gasteiger partial charge in [-0.3, -0.25) is 9.90 Å². The highest BCUT2D eigenvalue weighted by Crippen LogP contribution is 2.36. The van der Waals surface area contributed by atoms with Gasteiger partial charge in [0.05, 0.1) is 11.8 Å². The van der Waals surface area contributed by atoms with Crippen LogP contribution in [-0.4, -0.2) is 12.6 Å². The normalized spacial score (nSPS) is 28.1. The second-order valence-electron chi connectivity index (χ2n) is 9.44. The van der Waals surface area contributed by atoms with E-state index in [0.717, 1.165) is 24.3 Å².